The first-order valence-corrected chi connectivity index (χ1v) is 5.69. The molecule has 1 atom stereocenters. The van der Waals surface area contributed by atoms with Crippen LogP contribution in [0.1, 0.15) is 25.3 Å². The van der Waals surface area contributed by atoms with Gasteiger partial charge in [0.15, 0.2) is 0 Å². The first-order chi connectivity index (χ1) is 7.11. The maximum absolute atomic E-state index is 5.98. The van der Waals surface area contributed by atoms with Crippen molar-refractivity contribution < 1.29 is 0 Å². The first kappa shape index (κ1) is 10.7. The summed E-state index contributed by atoms with van der Waals surface area (Å²) in [4.78, 5) is 10.5. The van der Waals surface area contributed by atoms with Crippen LogP contribution in [0.2, 0.25) is 5.15 Å². The van der Waals surface area contributed by atoms with E-state index in [0.717, 1.165) is 17.3 Å². The van der Waals surface area contributed by atoms with Crippen molar-refractivity contribution in [1.29, 1.82) is 0 Å². The van der Waals surface area contributed by atoms with E-state index in [0.29, 0.717) is 11.2 Å². The SMILES string of the molecule is Cc1c(Cl)ncnc1N(C)C(C)C1CC1. The van der Waals surface area contributed by atoms with Gasteiger partial charge in [-0.1, -0.05) is 11.6 Å². The highest BCUT2D eigenvalue weighted by atomic mass is 35.5. The number of nitrogens with zero attached hydrogens (tertiary/aromatic N) is 3. The van der Waals surface area contributed by atoms with Gasteiger partial charge in [0.2, 0.25) is 0 Å². The maximum Gasteiger partial charge on any atom is 0.137 e. The second-order valence-corrected chi connectivity index (χ2v) is 4.66. The van der Waals surface area contributed by atoms with Gasteiger partial charge >= 0.3 is 0 Å². The zero-order valence-corrected chi connectivity index (χ0v) is 10.1. The summed E-state index contributed by atoms with van der Waals surface area (Å²) in [6, 6.07) is 0.537. The van der Waals surface area contributed by atoms with E-state index in [1.165, 1.54) is 19.2 Å². The van der Waals surface area contributed by atoms with E-state index in [2.05, 4.69) is 28.8 Å². The molecule has 0 N–H and O–H groups in total. The molecular formula is C11H16ClN3. The van der Waals surface area contributed by atoms with Crippen LogP contribution in [0.25, 0.3) is 0 Å². The Hall–Kier alpha value is -0.830. The molecule has 0 aromatic carbocycles. The van der Waals surface area contributed by atoms with Crippen molar-refractivity contribution in [2.75, 3.05) is 11.9 Å². The molecule has 4 heteroatoms. The van der Waals surface area contributed by atoms with E-state index >= 15 is 0 Å². The van der Waals surface area contributed by atoms with Crippen LogP contribution in [0, 0.1) is 12.8 Å². The highest BCUT2D eigenvalue weighted by Crippen LogP contribution is 2.36. The molecule has 1 aromatic rings. The summed E-state index contributed by atoms with van der Waals surface area (Å²) in [6.07, 6.45) is 4.20. The molecule has 0 spiro atoms. The van der Waals surface area contributed by atoms with E-state index in [-0.39, 0.29) is 0 Å². The van der Waals surface area contributed by atoms with Gasteiger partial charge in [-0.15, -0.1) is 0 Å². The lowest BCUT2D eigenvalue weighted by molar-refractivity contribution is 0.602. The molecule has 1 unspecified atom stereocenters. The zero-order chi connectivity index (χ0) is 11.0. The number of anilines is 1. The fourth-order valence-corrected chi connectivity index (χ4v) is 1.99. The molecule has 3 nitrogen and oxygen atoms in total. The van der Waals surface area contributed by atoms with Gasteiger partial charge in [0.1, 0.15) is 17.3 Å². The molecule has 1 saturated carbocycles. The zero-order valence-electron chi connectivity index (χ0n) is 9.37. The summed E-state index contributed by atoms with van der Waals surface area (Å²) in [5.41, 5.74) is 0.967. The van der Waals surface area contributed by atoms with Gasteiger partial charge in [-0.2, -0.15) is 0 Å². The topological polar surface area (TPSA) is 29.0 Å². The summed E-state index contributed by atoms with van der Waals surface area (Å²) in [5.74, 6) is 1.78. The second kappa shape index (κ2) is 3.97. The standard InChI is InChI=1S/C11H16ClN3/c1-7-10(12)13-6-14-11(7)15(3)8(2)9-4-5-9/h6,8-9H,4-5H2,1-3H3. The highest BCUT2D eigenvalue weighted by Gasteiger charge is 2.31. The lowest BCUT2D eigenvalue weighted by Gasteiger charge is -2.27. The average molecular weight is 226 g/mol. The molecule has 0 bridgehead atoms. The third kappa shape index (κ3) is 2.07. The van der Waals surface area contributed by atoms with Crippen molar-refractivity contribution in [3.8, 4) is 0 Å². The van der Waals surface area contributed by atoms with Gasteiger partial charge in [0.25, 0.3) is 0 Å². The quantitative estimate of drug-likeness (QED) is 0.741. The monoisotopic (exact) mass is 225 g/mol. The number of aromatic nitrogens is 2. The van der Waals surface area contributed by atoms with Crippen molar-refractivity contribution in [2.45, 2.75) is 32.7 Å². The molecule has 1 aromatic heterocycles. The van der Waals surface area contributed by atoms with E-state index < -0.39 is 0 Å². The molecule has 0 amide bonds. The smallest absolute Gasteiger partial charge is 0.137 e. The van der Waals surface area contributed by atoms with Crippen LogP contribution < -0.4 is 4.90 Å². The molecule has 0 saturated heterocycles. The largest absolute Gasteiger partial charge is 0.356 e. The van der Waals surface area contributed by atoms with Crippen LogP contribution >= 0.6 is 11.6 Å². The minimum Gasteiger partial charge on any atom is -0.356 e. The van der Waals surface area contributed by atoms with Crippen LogP contribution in [-0.2, 0) is 0 Å². The predicted octanol–water partition coefficient (Wildman–Crippen LogP) is 2.67. The Morgan fingerprint density at radius 3 is 2.73 bits per heavy atom. The van der Waals surface area contributed by atoms with Crippen molar-refractivity contribution in [2.24, 2.45) is 5.92 Å². The number of hydrogen-bond donors (Lipinski definition) is 0. The Bertz CT molecular complexity index is 363. The van der Waals surface area contributed by atoms with Crippen LogP contribution in [0.3, 0.4) is 0 Å². The molecule has 1 fully saturated rings. The van der Waals surface area contributed by atoms with Crippen molar-refractivity contribution in [1.82, 2.24) is 9.97 Å². The molecule has 0 radical (unpaired) electrons. The minimum absolute atomic E-state index is 0.537. The fraction of sp³-hybridized carbons (Fsp3) is 0.636. The lowest BCUT2D eigenvalue weighted by Crippen LogP contribution is -2.32. The lowest BCUT2D eigenvalue weighted by atomic mass is 10.2. The number of hydrogen-bond acceptors (Lipinski definition) is 3. The fourth-order valence-electron chi connectivity index (χ4n) is 1.86. The molecule has 0 aliphatic heterocycles. The average Bonchev–Trinajstić information content (AvgIpc) is 3.03. The van der Waals surface area contributed by atoms with Crippen LogP contribution in [0.15, 0.2) is 6.33 Å². The summed E-state index contributed by atoms with van der Waals surface area (Å²) < 4.78 is 0. The highest BCUT2D eigenvalue weighted by molar-refractivity contribution is 6.30. The summed E-state index contributed by atoms with van der Waals surface area (Å²) in [7, 11) is 2.08. The molecule has 82 valence electrons. The molecule has 1 aliphatic rings. The van der Waals surface area contributed by atoms with Gasteiger partial charge in [-0.25, -0.2) is 9.97 Å². The van der Waals surface area contributed by atoms with Crippen LogP contribution in [0.5, 0.6) is 0 Å². The Morgan fingerprint density at radius 2 is 2.13 bits per heavy atom. The van der Waals surface area contributed by atoms with Crippen LogP contribution in [-0.4, -0.2) is 23.1 Å². The van der Waals surface area contributed by atoms with Gasteiger partial charge in [0, 0.05) is 18.7 Å². The van der Waals surface area contributed by atoms with E-state index in [1.807, 2.05) is 6.92 Å². The van der Waals surface area contributed by atoms with Crippen molar-refractivity contribution in [3.05, 3.63) is 17.0 Å². The number of rotatable bonds is 3. The van der Waals surface area contributed by atoms with Gasteiger partial charge in [-0.3, -0.25) is 0 Å². The Morgan fingerprint density at radius 1 is 1.47 bits per heavy atom. The molecule has 1 heterocycles. The van der Waals surface area contributed by atoms with Crippen molar-refractivity contribution >= 4 is 17.4 Å². The second-order valence-electron chi connectivity index (χ2n) is 4.30. The number of halogens is 1. The molecule has 2 rings (SSSR count). The van der Waals surface area contributed by atoms with Gasteiger partial charge in [-0.05, 0) is 32.6 Å². The summed E-state index contributed by atoms with van der Waals surface area (Å²) >= 11 is 5.98. The predicted molar refractivity (Wildman–Crippen MR) is 62.4 cm³/mol. The van der Waals surface area contributed by atoms with E-state index in [4.69, 9.17) is 11.6 Å². The van der Waals surface area contributed by atoms with Gasteiger partial charge < -0.3 is 4.90 Å². The first-order valence-electron chi connectivity index (χ1n) is 5.31. The maximum atomic E-state index is 5.98. The minimum atomic E-state index is 0.537. The normalized spacial score (nSPS) is 17.6. The third-order valence-electron chi connectivity index (χ3n) is 3.25. The summed E-state index contributed by atoms with van der Waals surface area (Å²) in [6.45, 7) is 4.21. The Kier molecular flexibility index (Phi) is 2.83. The molecule has 15 heavy (non-hydrogen) atoms. The summed E-state index contributed by atoms with van der Waals surface area (Å²) in [5, 5.41) is 0.551. The molecule has 1 aliphatic carbocycles. The van der Waals surface area contributed by atoms with E-state index in [1.54, 1.807) is 0 Å². The van der Waals surface area contributed by atoms with Gasteiger partial charge in [0.05, 0.1) is 0 Å². The van der Waals surface area contributed by atoms with E-state index in [9.17, 15) is 0 Å². The van der Waals surface area contributed by atoms with Crippen LogP contribution in [0.4, 0.5) is 5.82 Å². The Labute approximate surface area is 95.5 Å². The third-order valence-corrected chi connectivity index (χ3v) is 3.63. The Balaban J connectivity index is 2.24. The molecular weight excluding hydrogens is 210 g/mol. The van der Waals surface area contributed by atoms with Crippen molar-refractivity contribution in [3.63, 3.8) is 0 Å².